The van der Waals surface area contributed by atoms with Crippen LogP contribution in [0.1, 0.15) is 24.2 Å². The van der Waals surface area contributed by atoms with Gasteiger partial charge in [0.15, 0.2) is 11.0 Å². The largest absolute Gasteiger partial charge is 0.493 e. The number of nitrogens with zero attached hydrogens (tertiary/aromatic N) is 5. The Hall–Kier alpha value is -2.82. The van der Waals surface area contributed by atoms with Crippen LogP contribution >= 0.6 is 11.8 Å². The van der Waals surface area contributed by atoms with E-state index in [9.17, 15) is 0 Å². The van der Waals surface area contributed by atoms with Crippen LogP contribution in [0, 0.1) is 11.3 Å². The number of nitriles is 1. The number of hydrogen-bond donors (Lipinski definition) is 0. The Morgan fingerprint density at radius 3 is 2.50 bits per heavy atom. The van der Waals surface area contributed by atoms with Crippen molar-refractivity contribution in [1.82, 2.24) is 19.7 Å². The second kappa shape index (κ2) is 10.3. The molecule has 1 aromatic heterocycles. The molecule has 4 rings (SSSR count). The van der Waals surface area contributed by atoms with Gasteiger partial charge in [-0.1, -0.05) is 42.1 Å². The first-order valence-corrected chi connectivity index (χ1v) is 11.3. The molecular formula is C23H25N5OS. The molecular weight excluding hydrogens is 394 g/mol. The molecule has 0 saturated carbocycles. The highest BCUT2D eigenvalue weighted by atomic mass is 32.2. The fraction of sp³-hybridized carbons (Fsp3) is 0.348. The standard InChI is InChI=1S/C23H25N5OS/c24-13-12-19-8-10-21(11-9-19)29-16-17-30-23-26-25-22(18-27-14-4-5-15-27)28(23)20-6-2-1-3-7-20/h1-3,6-11H,4-5,12,14-18H2. The summed E-state index contributed by atoms with van der Waals surface area (Å²) >= 11 is 1.65. The summed E-state index contributed by atoms with van der Waals surface area (Å²) in [5, 5.41) is 18.6. The molecule has 6 nitrogen and oxygen atoms in total. The van der Waals surface area contributed by atoms with Crippen molar-refractivity contribution in [3.05, 3.63) is 66.0 Å². The normalized spacial score (nSPS) is 14.0. The van der Waals surface area contributed by atoms with E-state index in [1.807, 2.05) is 42.5 Å². The molecule has 0 radical (unpaired) electrons. The van der Waals surface area contributed by atoms with Gasteiger partial charge in [0.05, 0.1) is 25.6 Å². The third kappa shape index (κ3) is 5.21. The Kier molecular flexibility index (Phi) is 7.01. The van der Waals surface area contributed by atoms with E-state index in [1.165, 1.54) is 12.8 Å². The first-order chi connectivity index (χ1) is 14.8. The number of rotatable bonds is 9. The smallest absolute Gasteiger partial charge is 0.195 e. The summed E-state index contributed by atoms with van der Waals surface area (Å²) in [7, 11) is 0. The zero-order valence-electron chi connectivity index (χ0n) is 16.9. The van der Waals surface area contributed by atoms with Crippen molar-refractivity contribution in [3.63, 3.8) is 0 Å². The number of likely N-dealkylation sites (tertiary alicyclic amines) is 1. The Morgan fingerprint density at radius 2 is 1.77 bits per heavy atom. The van der Waals surface area contributed by atoms with Gasteiger partial charge in [-0.15, -0.1) is 10.2 Å². The number of para-hydroxylation sites is 1. The van der Waals surface area contributed by atoms with Crippen molar-refractivity contribution in [2.24, 2.45) is 0 Å². The van der Waals surface area contributed by atoms with Gasteiger partial charge in [0.2, 0.25) is 0 Å². The van der Waals surface area contributed by atoms with Crippen molar-refractivity contribution in [3.8, 4) is 17.5 Å². The van der Waals surface area contributed by atoms with E-state index in [4.69, 9.17) is 10.00 Å². The van der Waals surface area contributed by atoms with E-state index in [0.717, 1.165) is 53.4 Å². The maximum atomic E-state index is 8.76. The molecule has 30 heavy (non-hydrogen) atoms. The van der Waals surface area contributed by atoms with Gasteiger partial charge in [-0.2, -0.15) is 5.26 Å². The molecule has 2 heterocycles. The Labute approximate surface area is 181 Å². The highest BCUT2D eigenvalue weighted by molar-refractivity contribution is 7.99. The van der Waals surface area contributed by atoms with Crippen molar-refractivity contribution >= 4 is 11.8 Å². The van der Waals surface area contributed by atoms with Gasteiger partial charge in [-0.25, -0.2) is 0 Å². The number of thioether (sulfide) groups is 1. The van der Waals surface area contributed by atoms with Crippen LogP contribution in [0.3, 0.4) is 0 Å². The van der Waals surface area contributed by atoms with Crippen LogP contribution < -0.4 is 4.74 Å². The number of hydrogen-bond acceptors (Lipinski definition) is 6. The minimum Gasteiger partial charge on any atom is -0.493 e. The molecule has 7 heteroatoms. The molecule has 0 amide bonds. The van der Waals surface area contributed by atoms with Crippen LogP contribution in [0.25, 0.3) is 5.69 Å². The monoisotopic (exact) mass is 419 g/mol. The molecule has 0 atom stereocenters. The predicted molar refractivity (Wildman–Crippen MR) is 118 cm³/mol. The van der Waals surface area contributed by atoms with Crippen LogP contribution in [0.15, 0.2) is 59.8 Å². The summed E-state index contributed by atoms with van der Waals surface area (Å²) in [6.45, 7) is 3.66. The van der Waals surface area contributed by atoms with E-state index in [1.54, 1.807) is 11.8 Å². The lowest BCUT2D eigenvalue weighted by Gasteiger charge is -2.16. The summed E-state index contributed by atoms with van der Waals surface area (Å²) < 4.78 is 8.02. The Bertz CT molecular complexity index is 975. The van der Waals surface area contributed by atoms with E-state index >= 15 is 0 Å². The molecule has 0 bridgehead atoms. The van der Waals surface area contributed by atoms with Crippen molar-refractivity contribution in [1.29, 1.82) is 5.26 Å². The van der Waals surface area contributed by atoms with Crippen LogP contribution in [0.4, 0.5) is 0 Å². The molecule has 0 spiro atoms. The SMILES string of the molecule is N#CCc1ccc(OCCSc2nnc(CN3CCCC3)n2-c2ccccc2)cc1. The quantitative estimate of drug-likeness (QED) is 0.384. The predicted octanol–water partition coefficient (Wildman–Crippen LogP) is 4.10. The van der Waals surface area contributed by atoms with Crippen LogP contribution in [-0.2, 0) is 13.0 Å². The van der Waals surface area contributed by atoms with Gasteiger partial charge in [0.25, 0.3) is 0 Å². The summed E-state index contributed by atoms with van der Waals surface area (Å²) in [4.78, 5) is 2.44. The summed E-state index contributed by atoms with van der Waals surface area (Å²) in [6, 6.07) is 20.2. The Morgan fingerprint density at radius 1 is 1.00 bits per heavy atom. The van der Waals surface area contributed by atoms with Crippen LogP contribution in [-0.4, -0.2) is 45.1 Å². The van der Waals surface area contributed by atoms with E-state index in [-0.39, 0.29) is 0 Å². The van der Waals surface area contributed by atoms with Crippen molar-refractivity contribution in [2.45, 2.75) is 31.0 Å². The molecule has 1 aliphatic rings. The first kappa shape index (κ1) is 20.5. The van der Waals surface area contributed by atoms with E-state index in [2.05, 4.69) is 37.9 Å². The third-order valence-electron chi connectivity index (χ3n) is 5.07. The van der Waals surface area contributed by atoms with Crippen molar-refractivity contribution in [2.75, 3.05) is 25.4 Å². The second-order valence-corrected chi connectivity index (χ2v) is 8.29. The fourth-order valence-corrected chi connectivity index (χ4v) is 4.35. The maximum absolute atomic E-state index is 8.76. The molecule has 2 aromatic carbocycles. The van der Waals surface area contributed by atoms with Gasteiger partial charge in [0.1, 0.15) is 5.75 Å². The summed E-state index contributed by atoms with van der Waals surface area (Å²) in [5.74, 6) is 2.57. The molecule has 1 aliphatic heterocycles. The zero-order chi connectivity index (χ0) is 20.6. The van der Waals surface area contributed by atoms with Gasteiger partial charge in [-0.05, 0) is 55.8 Å². The van der Waals surface area contributed by atoms with E-state index in [0.29, 0.717) is 13.0 Å². The number of aromatic nitrogens is 3. The first-order valence-electron chi connectivity index (χ1n) is 10.3. The minimum atomic E-state index is 0.422. The molecule has 3 aromatic rings. The van der Waals surface area contributed by atoms with Gasteiger partial charge >= 0.3 is 0 Å². The highest BCUT2D eigenvalue weighted by Crippen LogP contribution is 2.24. The maximum Gasteiger partial charge on any atom is 0.195 e. The molecule has 154 valence electrons. The Balaban J connectivity index is 1.39. The lowest BCUT2D eigenvalue weighted by molar-refractivity contribution is 0.319. The average Bonchev–Trinajstić information content (AvgIpc) is 3.43. The molecule has 0 N–H and O–H groups in total. The van der Waals surface area contributed by atoms with Gasteiger partial charge < -0.3 is 4.74 Å². The molecule has 1 fully saturated rings. The van der Waals surface area contributed by atoms with E-state index < -0.39 is 0 Å². The van der Waals surface area contributed by atoms with Gasteiger partial charge in [0, 0.05) is 11.4 Å². The lowest BCUT2D eigenvalue weighted by Crippen LogP contribution is -2.21. The molecule has 0 unspecified atom stereocenters. The minimum absolute atomic E-state index is 0.422. The molecule has 0 aliphatic carbocycles. The summed E-state index contributed by atoms with van der Waals surface area (Å²) in [5.41, 5.74) is 2.09. The van der Waals surface area contributed by atoms with Gasteiger partial charge in [-0.3, -0.25) is 9.47 Å². The fourth-order valence-electron chi connectivity index (χ4n) is 3.56. The lowest BCUT2D eigenvalue weighted by atomic mass is 10.2. The number of ether oxygens (including phenoxy) is 1. The van der Waals surface area contributed by atoms with Crippen molar-refractivity contribution < 1.29 is 4.74 Å². The third-order valence-corrected chi connectivity index (χ3v) is 5.96. The second-order valence-electron chi connectivity index (χ2n) is 7.23. The zero-order valence-corrected chi connectivity index (χ0v) is 17.7. The molecule has 1 saturated heterocycles. The number of benzene rings is 2. The topological polar surface area (TPSA) is 67.0 Å². The summed E-state index contributed by atoms with van der Waals surface area (Å²) in [6.07, 6.45) is 2.94. The van der Waals surface area contributed by atoms with Crippen LogP contribution in [0.2, 0.25) is 0 Å². The average molecular weight is 420 g/mol. The highest BCUT2D eigenvalue weighted by Gasteiger charge is 2.19. The van der Waals surface area contributed by atoms with Crippen LogP contribution in [0.5, 0.6) is 5.75 Å².